The van der Waals surface area contributed by atoms with E-state index in [9.17, 15) is 9.59 Å². The number of rotatable bonds is 5. The summed E-state index contributed by atoms with van der Waals surface area (Å²) in [4.78, 5) is 26.9. The zero-order valence-electron chi connectivity index (χ0n) is 13.4. The Hall–Kier alpha value is -1.40. The van der Waals surface area contributed by atoms with E-state index < -0.39 is 11.7 Å². The Morgan fingerprint density at radius 1 is 1.45 bits per heavy atom. The van der Waals surface area contributed by atoms with E-state index in [0.717, 1.165) is 24.3 Å². The summed E-state index contributed by atoms with van der Waals surface area (Å²) in [6, 6.07) is 3.96. The predicted octanol–water partition coefficient (Wildman–Crippen LogP) is 2.92. The van der Waals surface area contributed by atoms with Crippen LogP contribution in [-0.4, -0.2) is 48.1 Å². The summed E-state index contributed by atoms with van der Waals surface area (Å²) < 4.78 is 5.24. The maximum absolute atomic E-state index is 12.2. The molecule has 22 heavy (non-hydrogen) atoms. The van der Waals surface area contributed by atoms with Crippen LogP contribution in [0.15, 0.2) is 17.5 Å². The number of ether oxygens (including phenoxy) is 1. The molecule has 0 spiro atoms. The Morgan fingerprint density at radius 2 is 2.23 bits per heavy atom. The van der Waals surface area contributed by atoms with Crippen molar-refractivity contribution in [2.24, 2.45) is 0 Å². The number of alkyl carbamates (subject to hydrolysis) is 1. The highest BCUT2D eigenvalue weighted by Crippen LogP contribution is 2.18. The molecule has 0 saturated carbocycles. The first-order chi connectivity index (χ1) is 10.3. The molecule has 0 aromatic carbocycles. The van der Waals surface area contributed by atoms with Crippen molar-refractivity contribution in [1.82, 2.24) is 10.2 Å². The van der Waals surface area contributed by atoms with Gasteiger partial charge in [-0.3, -0.25) is 9.69 Å². The number of Topliss-reactive ketones (excluding diaryl/α,β-unsaturated/α-hetero) is 1. The molecule has 0 radical (unpaired) electrons. The van der Waals surface area contributed by atoms with Crippen LogP contribution in [0.5, 0.6) is 0 Å². The largest absolute Gasteiger partial charge is 0.444 e. The maximum atomic E-state index is 12.2. The zero-order valence-corrected chi connectivity index (χ0v) is 14.2. The topological polar surface area (TPSA) is 58.6 Å². The molecule has 0 aliphatic carbocycles. The smallest absolute Gasteiger partial charge is 0.407 e. The van der Waals surface area contributed by atoms with E-state index in [2.05, 4.69) is 10.2 Å². The van der Waals surface area contributed by atoms with Gasteiger partial charge >= 0.3 is 6.09 Å². The fraction of sp³-hybridized carbons (Fsp3) is 0.625. The summed E-state index contributed by atoms with van der Waals surface area (Å²) in [5.74, 6) is 0.152. The van der Waals surface area contributed by atoms with Gasteiger partial charge < -0.3 is 10.1 Å². The van der Waals surface area contributed by atoms with Crippen molar-refractivity contribution < 1.29 is 14.3 Å². The lowest BCUT2D eigenvalue weighted by Gasteiger charge is -2.25. The molecule has 2 heterocycles. The van der Waals surface area contributed by atoms with Crippen LogP contribution >= 0.6 is 11.3 Å². The first kappa shape index (κ1) is 17.0. The number of likely N-dealkylation sites (tertiary alicyclic amines) is 1. The molecule has 1 fully saturated rings. The third-order valence-electron chi connectivity index (χ3n) is 3.52. The first-order valence-corrected chi connectivity index (χ1v) is 8.51. The molecule has 122 valence electrons. The molecule has 1 unspecified atom stereocenters. The molecule has 1 saturated heterocycles. The van der Waals surface area contributed by atoms with E-state index in [0.29, 0.717) is 13.1 Å². The number of carbonyl (C=O) groups excluding carboxylic acids is 2. The molecule has 1 aromatic heterocycles. The Labute approximate surface area is 135 Å². The van der Waals surface area contributed by atoms with E-state index in [4.69, 9.17) is 4.74 Å². The summed E-state index contributed by atoms with van der Waals surface area (Å²) in [6.45, 7) is 7.36. The summed E-state index contributed by atoms with van der Waals surface area (Å²) in [5, 5.41) is 4.72. The van der Waals surface area contributed by atoms with E-state index in [1.165, 1.54) is 11.3 Å². The van der Waals surface area contributed by atoms with Crippen molar-refractivity contribution in [1.29, 1.82) is 0 Å². The van der Waals surface area contributed by atoms with Crippen molar-refractivity contribution in [3.8, 4) is 0 Å². The van der Waals surface area contributed by atoms with Gasteiger partial charge in [-0.05, 0) is 51.6 Å². The minimum atomic E-state index is -0.491. The minimum absolute atomic E-state index is 0.152. The van der Waals surface area contributed by atoms with Gasteiger partial charge in [0, 0.05) is 12.6 Å². The number of amides is 1. The SMILES string of the molecule is CC(C)(C)OC(=O)NCC1CCCN1CC(=O)c1cccs1. The van der Waals surface area contributed by atoms with Crippen molar-refractivity contribution >= 4 is 23.2 Å². The number of hydrogen-bond acceptors (Lipinski definition) is 5. The van der Waals surface area contributed by atoms with Gasteiger partial charge in [0.05, 0.1) is 11.4 Å². The lowest BCUT2D eigenvalue weighted by atomic mass is 10.2. The average molecular weight is 324 g/mol. The van der Waals surface area contributed by atoms with Crippen LogP contribution in [-0.2, 0) is 4.74 Å². The van der Waals surface area contributed by atoms with Crippen LogP contribution in [0.4, 0.5) is 4.79 Å². The first-order valence-electron chi connectivity index (χ1n) is 7.63. The van der Waals surface area contributed by atoms with Crippen molar-refractivity contribution in [2.75, 3.05) is 19.6 Å². The van der Waals surface area contributed by atoms with Crippen LogP contribution < -0.4 is 5.32 Å². The van der Waals surface area contributed by atoms with Gasteiger partial charge in [-0.2, -0.15) is 0 Å². The van der Waals surface area contributed by atoms with E-state index in [1.807, 2.05) is 38.3 Å². The van der Waals surface area contributed by atoms with Crippen LogP contribution in [0.25, 0.3) is 0 Å². The Bertz CT molecular complexity index is 508. The number of hydrogen-bond donors (Lipinski definition) is 1. The summed E-state index contributed by atoms with van der Waals surface area (Å²) >= 11 is 1.47. The second-order valence-corrected chi connectivity index (χ2v) is 7.50. The highest BCUT2D eigenvalue weighted by molar-refractivity contribution is 7.12. The number of thiophene rings is 1. The van der Waals surface area contributed by atoms with E-state index in [-0.39, 0.29) is 11.8 Å². The van der Waals surface area contributed by atoms with Crippen LogP contribution in [0.2, 0.25) is 0 Å². The normalized spacial score (nSPS) is 19.1. The highest BCUT2D eigenvalue weighted by atomic mass is 32.1. The zero-order chi connectivity index (χ0) is 16.2. The third-order valence-corrected chi connectivity index (χ3v) is 4.43. The summed E-state index contributed by atoms with van der Waals surface area (Å²) in [6.07, 6.45) is 1.65. The summed E-state index contributed by atoms with van der Waals surface area (Å²) in [5.41, 5.74) is -0.491. The number of nitrogens with one attached hydrogen (secondary N) is 1. The second kappa shape index (κ2) is 7.24. The molecular weight excluding hydrogens is 300 g/mol. The molecule has 1 aliphatic rings. The summed E-state index contributed by atoms with van der Waals surface area (Å²) in [7, 11) is 0. The fourth-order valence-corrected chi connectivity index (χ4v) is 3.21. The van der Waals surface area contributed by atoms with Gasteiger partial charge in [-0.1, -0.05) is 6.07 Å². The molecule has 1 aliphatic heterocycles. The van der Waals surface area contributed by atoms with Gasteiger partial charge in [-0.15, -0.1) is 11.3 Å². The van der Waals surface area contributed by atoms with Crippen molar-refractivity contribution in [3.63, 3.8) is 0 Å². The number of nitrogens with zero attached hydrogens (tertiary/aromatic N) is 1. The molecule has 6 heteroatoms. The monoisotopic (exact) mass is 324 g/mol. The third kappa shape index (κ3) is 5.10. The molecule has 2 rings (SSSR count). The predicted molar refractivity (Wildman–Crippen MR) is 87.5 cm³/mol. The Kier molecular flexibility index (Phi) is 5.58. The number of ketones is 1. The number of carbonyl (C=O) groups is 2. The van der Waals surface area contributed by atoms with Gasteiger partial charge in [0.15, 0.2) is 5.78 Å². The van der Waals surface area contributed by atoms with Gasteiger partial charge in [0.2, 0.25) is 0 Å². The lowest BCUT2D eigenvalue weighted by molar-refractivity contribution is 0.0514. The van der Waals surface area contributed by atoms with Crippen LogP contribution in [0, 0.1) is 0 Å². The van der Waals surface area contributed by atoms with E-state index in [1.54, 1.807) is 0 Å². The van der Waals surface area contributed by atoms with Crippen LogP contribution in [0.1, 0.15) is 43.3 Å². The molecule has 0 bridgehead atoms. The standard InChI is InChI=1S/C16H24N2O3S/c1-16(2,3)21-15(20)17-10-12-6-4-8-18(12)11-13(19)14-7-5-9-22-14/h5,7,9,12H,4,6,8,10-11H2,1-3H3,(H,17,20). The van der Waals surface area contributed by atoms with Crippen LogP contribution in [0.3, 0.4) is 0 Å². The molecular formula is C16H24N2O3S. The molecule has 1 atom stereocenters. The lowest BCUT2D eigenvalue weighted by Crippen LogP contribution is -2.43. The molecule has 1 amide bonds. The highest BCUT2D eigenvalue weighted by Gasteiger charge is 2.27. The molecule has 1 N–H and O–H groups in total. The Balaban J connectivity index is 1.81. The maximum Gasteiger partial charge on any atom is 0.407 e. The van der Waals surface area contributed by atoms with Gasteiger partial charge in [0.25, 0.3) is 0 Å². The second-order valence-electron chi connectivity index (χ2n) is 6.55. The van der Waals surface area contributed by atoms with Gasteiger partial charge in [-0.25, -0.2) is 4.79 Å². The fourth-order valence-electron chi connectivity index (χ4n) is 2.55. The Morgan fingerprint density at radius 3 is 2.86 bits per heavy atom. The molecule has 5 nitrogen and oxygen atoms in total. The van der Waals surface area contributed by atoms with E-state index >= 15 is 0 Å². The minimum Gasteiger partial charge on any atom is -0.444 e. The quantitative estimate of drug-likeness (QED) is 0.846. The van der Waals surface area contributed by atoms with Gasteiger partial charge in [0.1, 0.15) is 5.60 Å². The molecule has 1 aromatic rings. The van der Waals surface area contributed by atoms with Crippen molar-refractivity contribution in [3.05, 3.63) is 22.4 Å². The van der Waals surface area contributed by atoms with Crippen molar-refractivity contribution in [2.45, 2.75) is 45.3 Å². The average Bonchev–Trinajstić information content (AvgIpc) is 3.05.